The first-order valence-electron chi connectivity index (χ1n) is 8.53. The number of amides is 2. The van der Waals surface area contributed by atoms with Gasteiger partial charge in [0.2, 0.25) is 0 Å². The second-order valence-corrected chi connectivity index (χ2v) is 8.21. The third-order valence-corrected chi connectivity index (χ3v) is 4.68. The van der Waals surface area contributed by atoms with Gasteiger partial charge in [0.25, 0.3) is 11.1 Å². The molecule has 0 bridgehead atoms. The van der Waals surface area contributed by atoms with E-state index in [1.54, 1.807) is 32.9 Å². The minimum Gasteiger partial charge on any atom is -0.493 e. The van der Waals surface area contributed by atoms with Crippen molar-refractivity contribution < 1.29 is 28.6 Å². The van der Waals surface area contributed by atoms with Crippen LogP contribution in [0.5, 0.6) is 11.5 Å². The van der Waals surface area contributed by atoms with E-state index >= 15 is 0 Å². The van der Waals surface area contributed by atoms with Crippen molar-refractivity contribution in [2.45, 2.75) is 33.3 Å². The molecule has 0 aliphatic carbocycles. The van der Waals surface area contributed by atoms with E-state index in [1.165, 1.54) is 13.2 Å². The van der Waals surface area contributed by atoms with Crippen LogP contribution < -0.4 is 9.47 Å². The Morgan fingerprint density at radius 3 is 2.50 bits per heavy atom. The zero-order chi connectivity index (χ0) is 21.1. The van der Waals surface area contributed by atoms with Crippen LogP contribution in [0, 0.1) is 0 Å². The predicted octanol–water partition coefficient (Wildman–Crippen LogP) is 4.13. The van der Waals surface area contributed by atoms with E-state index in [4.69, 9.17) is 25.8 Å². The van der Waals surface area contributed by atoms with Crippen molar-refractivity contribution in [1.29, 1.82) is 0 Å². The summed E-state index contributed by atoms with van der Waals surface area (Å²) in [5.74, 6) is -0.307. The SMILES string of the molecule is CCOc1cc(/C=C2\SC(=O)N(CC(=O)OC(C)(C)C)C2=O)c(Cl)cc1OC. The third-order valence-electron chi connectivity index (χ3n) is 3.45. The number of carbonyl (C=O) groups excluding carboxylic acids is 3. The Morgan fingerprint density at radius 1 is 1.25 bits per heavy atom. The summed E-state index contributed by atoms with van der Waals surface area (Å²) in [4.78, 5) is 37.7. The summed E-state index contributed by atoms with van der Waals surface area (Å²) in [6, 6.07) is 3.20. The molecule has 0 atom stereocenters. The molecule has 0 spiro atoms. The average Bonchev–Trinajstić information content (AvgIpc) is 2.83. The van der Waals surface area contributed by atoms with Gasteiger partial charge in [-0.05, 0) is 57.2 Å². The number of thioether (sulfide) groups is 1. The molecule has 1 saturated heterocycles. The summed E-state index contributed by atoms with van der Waals surface area (Å²) in [6.45, 7) is 6.93. The van der Waals surface area contributed by atoms with E-state index in [2.05, 4.69) is 0 Å². The van der Waals surface area contributed by atoms with Gasteiger partial charge in [-0.15, -0.1) is 0 Å². The van der Waals surface area contributed by atoms with Gasteiger partial charge in [-0.3, -0.25) is 19.3 Å². The number of benzene rings is 1. The van der Waals surface area contributed by atoms with E-state index in [9.17, 15) is 14.4 Å². The largest absolute Gasteiger partial charge is 0.493 e. The minimum absolute atomic E-state index is 0.156. The maximum Gasteiger partial charge on any atom is 0.326 e. The molecular weight excluding hydrogens is 406 g/mol. The second kappa shape index (κ2) is 8.87. The molecule has 9 heteroatoms. The first-order valence-corrected chi connectivity index (χ1v) is 9.72. The van der Waals surface area contributed by atoms with E-state index in [0.29, 0.717) is 28.7 Å². The van der Waals surface area contributed by atoms with Gasteiger partial charge < -0.3 is 14.2 Å². The summed E-state index contributed by atoms with van der Waals surface area (Å²) in [6.07, 6.45) is 1.49. The maximum absolute atomic E-state index is 12.6. The van der Waals surface area contributed by atoms with Crippen molar-refractivity contribution in [2.75, 3.05) is 20.3 Å². The lowest BCUT2D eigenvalue weighted by atomic mass is 10.1. The number of imide groups is 1. The Morgan fingerprint density at radius 2 is 1.93 bits per heavy atom. The first-order chi connectivity index (χ1) is 13.1. The number of carbonyl (C=O) groups is 3. The molecule has 1 aliphatic rings. The Labute approximate surface area is 172 Å². The van der Waals surface area contributed by atoms with Crippen molar-refractivity contribution in [2.24, 2.45) is 0 Å². The first kappa shape index (κ1) is 22.1. The molecule has 1 heterocycles. The fourth-order valence-electron chi connectivity index (χ4n) is 2.37. The van der Waals surface area contributed by atoms with Crippen LogP contribution in [0.2, 0.25) is 5.02 Å². The van der Waals surface area contributed by atoms with Gasteiger partial charge in [0.15, 0.2) is 11.5 Å². The van der Waals surface area contributed by atoms with Crippen molar-refractivity contribution in [3.63, 3.8) is 0 Å². The van der Waals surface area contributed by atoms with Crippen LogP contribution in [0.15, 0.2) is 17.0 Å². The van der Waals surface area contributed by atoms with Crippen LogP contribution in [0.4, 0.5) is 4.79 Å². The molecule has 0 N–H and O–H groups in total. The lowest BCUT2D eigenvalue weighted by molar-refractivity contribution is -0.156. The lowest BCUT2D eigenvalue weighted by Crippen LogP contribution is -2.37. The molecular formula is C19H22ClNO6S. The molecule has 1 aromatic rings. The average molecular weight is 428 g/mol. The highest BCUT2D eigenvalue weighted by atomic mass is 35.5. The number of ether oxygens (including phenoxy) is 3. The van der Waals surface area contributed by atoms with Crippen LogP contribution in [-0.2, 0) is 14.3 Å². The lowest BCUT2D eigenvalue weighted by Gasteiger charge is -2.21. The highest BCUT2D eigenvalue weighted by molar-refractivity contribution is 8.18. The number of hydrogen-bond acceptors (Lipinski definition) is 7. The topological polar surface area (TPSA) is 82.1 Å². The maximum atomic E-state index is 12.6. The number of hydrogen-bond donors (Lipinski definition) is 0. The predicted molar refractivity (Wildman–Crippen MR) is 108 cm³/mol. The minimum atomic E-state index is -0.707. The van der Waals surface area contributed by atoms with Crippen LogP contribution in [0.1, 0.15) is 33.3 Å². The highest BCUT2D eigenvalue weighted by Gasteiger charge is 2.37. The molecule has 2 amide bonds. The summed E-state index contributed by atoms with van der Waals surface area (Å²) in [5, 5.41) is -0.212. The third kappa shape index (κ3) is 5.42. The Balaban J connectivity index is 2.26. The van der Waals surface area contributed by atoms with Crippen molar-refractivity contribution >= 4 is 46.6 Å². The fourth-order valence-corrected chi connectivity index (χ4v) is 3.41. The van der Waals surface area contributed by atoms with Crippen LogP contribution in [-0.4, -0.2) is 47.9 Å². The Bertz CT molecular complexity index is 830. The number of methoxy groups -OCH3 is 1. The summed E-state index contributed by atoms with van der Waals surface area (Å²) >= 11 is 7.00. The zero-order valence-corrected chi connectivity index (χ0v) is 17.9. The zero-order valence-electron chi connectivity index (χ0n) is 16.3. The molecule has 0 aromatic heterocycles. The van der Waals surface area contributed by atoms with Crippen molar-refractivity contribution in [3.05, 3.63) is 27.6 Å². The van der Waals surface area contributed by atoms with E-state index in [1.807, 2.05) is 6.92 Å². The van der Waals surface area contributed by atoms with E-state index < -0.39 is 29.3 Å². The Kier molecular flexibility index (Phi) is 7.01. The quantitative estimate of drug-likeness (QED) is 0.498. The normalized spacial score (nSPS) is 15.9. The van der Waals surface area contributed by atoms with Gasteiger partial charge in [-0.1, -0.05) is 11.6 Å². The van der Waals surface area contributed by atoms with Gasteiger partial charge in [-0.25, -0.2) is 0 Å². The van der Waals surface area contributed by atoms with Crippen LogP contribution >= 0.6 is 23.4 Å². The van der Waals surface area contributed by atoms with Gasteiger partial charge >= 0.3 is 5.97 Å². The number of nitrogens with zero attached hydrogens (tertiary/aromatic N) is 1. The standard InChI is InChI=1S/C19H22ClNO6S/c1-6-26-14-7-11(12(20)9-13(14)25-5)8-15-17(23)21(18(24)28-15)10-16(22)27-19(2,3)4/h7-9H,6,10H2,1-5H3/b15-8-. The summed E-state index contributed by atoms with van der Waals surface area (Å²) in [5.41, 5.74) is -0.213. The number of rotatable bonds is 6. The van der Waals surface area contributed by atoms with Crippen molar-refractivity contribution in [3.8, 4) is 11.5 Å². The molecule has 0 saturated carbocycles. The molecule has 1 aliphatic heterocycles. The smallest absolute Gasteiger partial charge is 0.326 e. The number of esters is 1. The summed E-state index contributed by atoms with van der Waals surface area (Å²) < 4.78 is 15.9. The number of halogens is 1. The monoisotopic (exact) mass is 427 g/mol. The molecule has 0 radical (unpaired) electrons. The van der Waals surface area contributed by atoms with Gasteiger partial charge in [0, 0.05) is 6.07 Å². The fraction of sp³-hybridized carbons (Fsp3) is 0.421. The Hall–Kier alpha value is -2.19. The van der Waals surface area contributed by atoms with Crippen molar-refractivity contribution in [1.82, 2.24) is 4.90 Å². The van der Waals surface area contributed by atoms with E-state index in [0.717, 1.165) is 16.7 Å². The van der Waals surface area contributed by atoms with Gasteiger partial charge in [0.1, 0.15) is 12.1 Å². The highest BCUT2D eigenvalue weighted by Crippen LogP contribution is 2.37. The molecule has 1 fully saturated rings. The van der Waals surface area contributed by atoms with Gasteiger partial charge in [0.05, 0.1) is 23.6 Å². The molecule has 0 unspecified atom stereocenters. The molecule has 1 aromatic carbocycles. The molecule has 152 valence electrons. The molecule has 7 nitrogen and oxygen atoms in total. The molecule has 28 heavy (non-hydrogen) atoms. The molecule has 2 rings (SSSR count). The second-order valence-electron chi connectivity index (χ2n) is 6.81. The van der Waals surface area contributed by atoms with E-state index in [-0.39, 0.29) is 4.91 Å². The van der Waals surface area contributed by atoms with Crippen LogP contribution in [0.3, 0.4) is 0 Å². The van der Waals surface area contributed by atoms with Gasteiger partial charge in [-0.2, -0.15) is 0 Å². The summed E-state index contributed by atoms with van der Waals surface area (Å²) in [7, 11) is 1.50. The van der Waals surface area contributed by atoms with Crippen LogP contribution in [0.25, 0.3) is 6.08 Å².